The maximum Gasteiger partial charge on any atom is 0.227 e. The Morgan fingerprint density at radius 2 is 2.35 bits per heavy atom. The number of para-hydroxylation sites is 1. The zero-order valence-electron chi connectivity index (χ0n) is 11.0. The van der Waals surface area contributed by atoms with Crippen LogP contribution in [0.2, 0.25) is 5.02 Å². The third kappa shape index (κ3) is 2.64. The number of imidazole rings is 1. The maximum atomic E-state index is 12.0. The topological polar surface area (TPSA) is 83.8 Å². The fourth-order valence-corrected chi connectivity index (χ4v) is 3.01. The predicted molar refractivity (Wildman–Crippen MR) is 79.7 cm³/mol. The molecular formula is C14H17ClN4O. The number of anilines is 1. The number of nitrogens with zero attached hydrogens (tertiary/aromatic N) is 1. The van der Waals surface area contributed by atoms with Gasteiger partial charge in [0.25, 0.3) is 0 Å². The van der Waals surface area contributed by atoms with Crippen LogP contribution in [0.5, 0.6) is 0 Å². The fraction of sp³-hybridized carbons (Fsp3) is 0.429. The van der Waals surface area contributed by atoms with Crippen molar-refractivity contribution in [1.82, 2.24) is 9.97 Å². The molecule has 0 radical (unpaired) electrons. The highest BCUT2D eigenvalue weighted by molar-refractivity contribution is 6.35. The summed E-state index contributed by atoms with van der Waals surface area (Å²) in [5.41, 5.74) is 7.46. The van der Waals surface area contributed by atoms with Gasteiger partial charge in [-0.05, 0) is 30.9 Å². The maximum absolute atomic E-state index is 12.0. The summed E-state index contributed by atoms with van der Waals surface area (Å²) in [5.74, 6) is 0.662. The molecule has 5 nitrogen and oxygen atoms in total. The number of aromatic amines is 1. The molecule has 1 saturated carbocycles. The lowest BCUT2D eigenvalue weighted by atomic mass is 10.00. The number of hydrogen-bond donors (Lipinski definition) is 3. The lowest BCUT2D eigenvalue weighted by Crippen LogP contribution is -2.28. The van der Waals surface area contributed by atoms with Gasteiger partial charge in [-0.1, -0.05) is 24.1 Å². The predicted octanol–water partition coefficient (Wildman–Crippen LogP) is 2.67. The zero-order valence-corrected chi connectivity index (χ0v) is 11.8. The van der Waals surface area contributed by atoms with Crippen molar-refractivity contribution in [3.63, 3.8) is 0 Å². The molecule has 0 spiro atoms. The summed E-state index contributed by atoms with van der Waals surface area (Å²) < 4.78 is 0. The van der Waals surface area contributed by atoms with E-state index in [0.29, 0.717) is 22.9 Å². The molecule has 20 heavy (non-hydrogen) atoms. The highest BCUT2D eigenvalue weighted by Crippen LogP contribution is 2.27. The van der Waals surface area contributed by atoms with E-state index in [1.54, 1.807) is 6.07 Å². The van der Waals surface area contributed by atoms with E-state index in [4.69, 9.17) is 17.3 Å². The van der Waals surface area contributed by atoms with E-state index in [-0.39, 0.29) is 17.9 Å². The van der Waals surface area contributed by atoms with Gasteiger partial charge >= 0.3 is 0 Å². The molecule has 2 atom stereocenters. The number of nitrogens with two attached hydrogens (primary N) is 1. The van der Waals surface area contributed by atoms with Crippen LogP contribution in [0.25, 0.3) is 11.0 Å². The van der Waals surface area contributed by atoms with E-state index in [1.807, 2.05) is 12.1 Å². The summed E-state index contributed by atoms with van der Waals surface area (Å²) in [7, 11) is 0. The first-order valence-electron chi connectivity index (χ1n) is 6.83. The van der Waals surface area contributed by atoms with Gasteiger partial charge in [0.1, 0.15) is 5.52 Å². The van der Waals surface area contributed by atoms with E-state index >= 15 is 0 Å². The van der Waals surface area contributed by atoms with Crippen molar-refractivity contribution in [3.8, 4) is 0 Å². The molecule has 0 bridgehead atoms. The Bertz CT molecular complexity index is 639. The minimum absolute atomic E-state index is 0.0532. The molecule has 1 amide bonds. The average Bonchev–Trinajstić information content (AvgIpc) is 2.97. The van der Waals surface area contributed by atoms with E-state index in [1.165, 1.54) is 0 Å². The first-order valence-corrected chi connectivity index (χ1v) is 7.21. The summed E-state index contributed by atoms with van der Waals surface area (Å²) in [6.45, 7) is 0. The van der Waals surface area contributed by atoms with Crippen LogP contribution in [0.15, 0.2) is 18.2 Å². The van der Waals surface area contributed by atoms with Crippen LogP contribution in [0, 0.1) is 5.92 Å². The second-order valence-corrected chi connectivity index (χ2v) is 5.74. The number of halogens is 1. The molecule has 1 heterocycles. The number of nitrogens with one attached hydrogen (secondary N) is 2. The standard InChI is InChI=1S/C14H17ClN4O/c15-9-4-2-6-11-13(9)19-14(17-11)18-12(20)7-8-3-1-5-10(8)16/h2,4,6,8,10H,1,3,5,7,16H2,(H2,17,18,19,20)/t8-,10+/m0/s1. The first-order chi connectivity index (χ1) is 9.63. The Kier molecular flexibility index (Phi) is 3.63. The number of carbonyl (C=O) groups is 1. The SMILES string of the molecule is N[C@@H]1CCC[C@H]1CC(=O)Nc1nc2c(Cl)cccc2[nH]1. The smallest absolute Gasteiger partial charge is 0.227 e. The summed E-state index contributed by atoms with van der Waals surface area (Å²) in [6.07, 6.45) is 3.60. The van der Waals surface area contributed by atoms with Crippen LogP contribution < -0.4 is 11.1 Å². The fourth-order valence-electron chi connectivity index (χ4n) is 2.80. The van der Waals surface area contributed by atoms with Crippen molar-refractivity contribution in [2.45, 2.75) is 31.7 Å². The number of hydrogen-bond acceptors (Lipinski definition) is 3. The van der Waals surface area contributed by atoms with Gasteiger partial charge in [0.15, 0.2) is 0 Å². The number of amides is 1. The second kappa shape index (κ2) is 5.42. The summed E-state index contributed by atoms with van der Waals surface area (Å²) >= 11 is 6.05. The van der Waals surface area contributed by atoms with Crippen LogP contribution in [-0.2, 0) is 4.79 Å². The van der Waals surface area contributed by atoms with Crippen molar-refractivity contribution in [3.05, 3.63) is 23.2 Å². The Balaban J connectivity index is 1.69. The molecule has 106 valence electrons. The number of rotatable bonds is 3. The third-order valence-electron chi connectivity index (χ3n) is 3.89. The van der Waals surface area contributed by atoms with Gasteiger partial charge in [0.05, 0.1) is 10.5 Å². The van der Waals surface area contributed by atoms with Crippen molar-refractivity contribution in [2.24, 2.45) is 11.7 Å². The zero-order chi connectivity index (χ0) is 14.1. The summed E-state index contributed by atoms with van der Waals surface area (Å²) in [4.78, 5) is 19.4. The number of H-pyrrole nitrogens is 1. The lowest BCUT2D eigenvalue weighted by Gasteiger charge is -2.13. The highest BCUT2D eigenvalue weighted by atomic mass is 35.5. The monoisotopic (exact) mass is 292 g/mol. The summed E-state index contributed by atoms with van der Waals surface area (Å²) in [5, 5.41) is 3.35. The van der Waals surface area contributed by atoms with E-state index in [2.05, 4.69) is 15.3 Å². The Labute approximate surface area is 121 Å². The Morgan fingerprint density at radius 1 is 1.50 bits per heavy atom. The quantitative estimate of drug-likeness (QED) is 0.813. The minimum Gasteiger partial charge on any atom is -0.327 e. The van der Waals surface area contributed by atoms with Crippen LogP contribution in [-0.4, -0.2) is 21.9 Å². The third-order valence-corrected chi connectivity index (χ3v) is 4.19. The molecule has 0 aliphatic heterocycles. The van der Waals surface area contributed by atoms with E-state index in [9.17, 15) is 4.79 Å². The largest absolute Gasteiger partial charge is 0.327 e. The van der Waals surface area contributed by atoms with E-state index < -0.39 is 0 Å². The lowest BCUT2D eigenvalue weighted by molar-refractivity contribution is -0.117. The van der Waals surface area contributed by atoms with Gasteiger partial charge in [0.2, 0.25) is 11.9 Å². The molecule has 3 rings (SSSR count). The molecule has 1 fully saturated rings. The van der Waals surface area contributed by atoms with Gasteiger partial charge in [-0.25, -0.2) is 4.98 Å². The first kappa shape index (κ1) is 13.4. The molecule has 2 aromatic rings. The van der Waals surface area contributed by atoms with Crippen molar-refractivity contribution in [2.75, 3.05) is 5.32 Å². The Hall–Kier alpha value is -1.59. The number of carbonyl (C=O) groups excluding carboxylic acids is 1. The number of benzene rings is 1. The number of fused-ring (bicyclic) bond motifs is 1. The molecular weight excluding hydrogens is 276 g/mol. The van der Waals surface area contributed by atoms with Gasteiger partial charge in [-0.3, -0.25) is 10.1 Å². The molecule has 1 aromatic carbocycles. The van der Waals surface area contributed by atoms with Crippen LogP contribution in [0.1, 0.15) is 25.7 Å². The average molecular weight is 293 g/mol. The van der Waals surface area contributed by atoms with Crippen LogP contribution in [0.3, 0.4) is 0 Å². The summed E-state index contributed by atoms with van der Waals surface area (Å²) in [6, 6.07) is 5.63. The van der Waals surface area contributed by atoms with Crippen LogP contribution >= 0.6 is 11.6 Å². The molecule has 1 aliphatic rings. The minimum atomic E-state index is -0.0532. The Morgan fingerprint density at radius 3 is 3.05 bits per heavy atom. The molecule has 1 aliphatic carbocycles. The molecule has 4 N–H and O–H groups in total. The van der Waals surface area contributed by atoms with Crippen LogP contribution in [0.4, 0.5) is 5.95 Å². The van der Waals surface area contributed by atoms with Crippen molar-refractivity contribution < 1.29 is 4.79 Å². The van der Waals surface area contributed by atoms with Crippen molar-refractivity contribution >= 4 is 34.5 Å². The highest BCUT2D eigenvalue weighted by Gasteiger charge is 2.26. The molecule has 0 saturated heterocycles. The van der Waals surface area contributed by atoms with Gasteiger partial charge < -0.3 is 10.7 Å². The number of aromatic nitrogens is 2. The van der Waals surface area contributed by atoms with Gasteiger partial charge in [0, 0.05) is 12.5 Å². The van der Waals surface area contributed by atoms with Crippen molar-refractivity contribution in [1.29, 1.82) is 0 Å². The van der Waals surface area contributed by atoms with Gasteiger partial charge in [-0.2, -0.15) is 0 Å². The van der Waals surface area contributed by atoms with E-state index in [0.717, 1.165) is 24.8 Å². The normalized spacial score (nSPS) is 22.3. The molecule has 1 aromatic heterocycles. The van der Waals surface area contributed by atoms with Gasteiger partial charge in [-0.15, -0.1) is 0 Å². The molecule has 0 unspecified atom stereocenters. The molecule has 6 heteroatoms. The second-order valence-electron chi connectivity index (χ2n) is 5.33.